The van der Waals surface area contributed by atoms with Crippen molar-refractivity contribution in [3.8, 4) is 11.5 Å². The standard InChI is InChI=1S/C21H25N3O3/c1-16(25)23(2)15-21-22-17-9-4-5-10-18(17)24(21)13-8-14-27-20-12-7-6-11-19(20)26-3/h4-7,9-12H,8,13-15H2,1-3H3. The molecular formula is C21H25N3O3. The van der Waals surface area contributed by atoms with Gasteiger partial charge in [0, 0.05) is 20.5 Å². The van der Waals surface area contributed by atoms with Gasteiger partial charge in [-0.1, -0.05) is 24.3 Å². The molecule has 0 bridgehead atoms. The molecule has 3 rings (SSSR count). The van der Waals surface area contributed by atoms with Crippen LogP contribution in [0.4, 0.5) is 0 Å². The van der Waals surface area contributed by atoms with Crippen molar-refractivity contribution in [1.29, 1.82) is 0 Å². The van der Waals surface area contributed by atoms with Crippen molar-refractivity contribution in [2.24, 2.45) is 0 Å². The molecule has 6 nitrogen and oxygen atoms in total. The van der Waals surface area contributed by atoms with E-state index in [1.54, 1.807) is 26.0 Å². The number of imidazole rings is 1. The number of carbonyl (C=O) groups is 1. The first-order valence-electron chi connectivity index (χ1n) is 9.02. The molecule has 2 aromatic carbocycles. The number of ether oxygens (including phenoxy) is 2. The number of methoxy groups -OCH3 is 1. The second-order valence-corrected chi connectivity index (χ2v) is 6.40. The Labute approximate surface area is 159 Å². The molecule has 1 heterocycles. The van der Waals surface area contributed by atoms with Crippen LogP contribution >= 0.6 is 0 Å². The van der Waals surface area contributed by atoms with E-state index >= 15 is 0 Å². The van der Waals surface area contributed by atoms with Crippen LogP contribution in [0.25, 0.3) is 11.0 Å². The van der Waals surface area contributed by atoms with E-state index < -0.39 is 0 Å². The van der Waals surface area contributed by atoms with Crippen LogP contribution < -0.4 is 9.47 Å². The Hall–Kier alpha value is -3.02. The summed E-state index contributed by atoms with van der Waals surface area (Å²) in [6.07, 6.45) is 0.815. The first kappa shape index (κ1) is 18.8. The van der Waals surface area contributed by atoms with Crippen LogP contribution in [-0.2, 0) is 17.9 Å². The van der Waals surface area contributed by atoms with Gasteiger partial charge in [-0.05, 0) is 30.7 Å². The molecule has 0 unspecified atom stereocenters. The minimum absolute atomic E-state index is 0.0214. The summed E-state index contributed by atoms with van der Waals surface area (Å²) in [6.45, 7) is 3.37. The lowest BCUT2D eigenvalue weighted by Crippen LogP contribution is -2.25. The highest BCUT2D eigenvalue weighted by atomic mass is 16.5. The number of hydrogen-bond acceptors (Lipinski definition) is 4. The van der Waals surface area contributed by atoms with Gasteiger partial charge < -0.3 is 18.9 Å². The molecule has 0 spiro atoms. The summed E-state index contributed by atoms with van der Waals surface area (Å²) in [5.41, 5.74) is 2.01. The summed E-state index contributed by atoms with van der Waals surface area (Å²) in [5.74, 6) is 2.38. The number of rotatable bonds is 8. The van der Waals surface area contributed by atoms with Gasteiger partial charge in [-0.3, -0.25) is 4.79 Å². The number of hydrogen-bond donors (Lipinski definition) is 0. The van der Waals surface area contributed by atoms with Gasteiger partial charge in [0.25, 0.3) is 0 Å². The van der Waals surface area contributed by atoms with E-state index in [9.17, 15) is 4.79 Å². The fourth-order valence-corrected chi connectivity index (χ4v) is 2.96. The van der Waals surface area contributed by atoms with Gasteiger partial charge in [0.2, 0.25) is 5.91 Å². The van der Waals surface area contributed by atoms with Gasteiger partial charge in [0.05, 0.1) is 31.3 Å². The number of nitrogens with zero attached hydrogens (tertiary/aromatic N) is 3. The topological polar surface area (TPSA) is 56.6 Å². The average molecular weight is 367 g/mol. The maximum atomic E-state index is 11.6. The quantitative estimate of drug-likeness (QED) is 0.572. The lowest BCUT2D eigenvalue weighted by Gasteiger charge is -2.16. The summed E-state index contributed by atoms with van der Waals surface area (Å²) >= 11 is 0. The number of carbonyl (C=O) groups excluding carboxylic acids is 1. The van der Waals surface area contributed by atoms with E-state index in [0.717, 1.165) is 41.3 Å². The van der Waals surface area contributed by atoms with Gasteiger partial charge in [-0.25, -0.2) is 4.98 Å². The Kier molecular flexibility index (Phi) is 5.96. The van der Waals surface area contributed by atoms with E-state index in [2.05, 4.69) is 10.6 Å². The summed E-state index contributed by atoms with van der Waals surface area (Å²) in [5, 5.41) is 0. The van der Waals surface area contributed by atoms with Gasteiger partial charge in [-0.2, -0.15) is 0 Å². The lowest BCUT2D eigenvalue weighted by atomic mass is 10.3. The summed E-state index contributed by atoms with van der Waals surface area (Å²) in [7, 11) is 3.43. The Morgan fingerprint density at radius 1 is 1.11 bits per heavy atom. The molecule has 3 aromatic rings. The van der Waals surface area contributed by atoms with Crippen molar-refractivity contribution >= 4 is 16.9 Å². The summed E-state index contributed by atoms with van der Waals surface area (Å²) < 4.78 is 13.4. The van der Waals surface area contributed by atoms with Gasteiger partial charge in [-0.15, -0.1) is 0 Å². The lowest BCUT2D eigenvalue weighted by molar-refractivity contribution is -0.128. The number of amides is 1. The molecule has 6 heteroatoms. The second-order valence-electron chi connectivity index (χ2n) is 6.40. The van der Waals surface area contributed by atoms with E-state index in [1.807, 2.05) is 42.5 Å². The minimum Gasteiger partial charge on any atom is -0.493 e. The van der Waals surface area contributed by atoms with Crippen LogP contribution in [0.15, 0.2) is 48.5 Å². The molecule has 1 amide bonds. The predicted molar refractivity (Wildman–Crippen MR) is 105 cm³/mol. The van der Waals surface area contributed by atoms with Crippen molar-refractivity contribution in [2.45, 2.75) is 26.4 Å². The molecule has 0 aliphatic rings. The summed E-state index contributed by atoms with van der Waals surface area (Å²) in [4.78, 5) is 18.0. The maximum absolute atomic E-state index is 11.6. The average Bonchev–Trinajstić information content (AvgIpc) is 3.02. The zero-order valence-corrected chi connectivity index (χ0v) is 16.0. The minimum atomic E-state index is 0.0214. The molecule has 1 aromatic heterocycles. The molecule has 0 saturated carbocycles. The van der Waals surface area contributed by atoms with Crippen molar-refractivity contribution in [1.82, 2.24) is 14.5 Å². The first-order valence-corrected chi connectivity index (χ1v) is 9.02. The fourth-order valence-electron chi connectivity index (χ4n) is 2.96. The molecule has 0 atom stereocenters. The molecule has 0 N–H and O–H groups in total. The molecule has 0 aliphatic carbocycles. The van der Waals surface area contributed by atoms with Crippen LogP contribution in [0.3, 0.4) is 0 Å². The molecule has 0 aliphatic heterocycles. The van der Waals surface area contributed by atoms with E-state index in [-0.39, 0.29) is 5.91 Å². The van der Waals surface area contributed by atoms with Crippen LogP contribution in [0.2, 0.25) is 0 Å². The Morgan fingerprint density at radius 2 is 1.81 bits per heavy atom. The van der Waals surface area contributed by atoms with E-state index in [4.69, 9.17) is 14.5 Å². The van der Waals surface area contributed by atoms with Crippen LogP contribution in [-0.4, -0.2) is 41.1 Å². The van der Waals surface area contributed by atoms with Gasteiger partial charge in [0.15, 0.2) is 11.5 Å². The highest BCUT2D eigenvalue weighted by Crippen LogP contribution is 2.26. The molecular weight excluding hydrogens is 342 g/mol. The third-order valence-corrected chi connectivity index (χ3v) is 4.50. The number of para-hydroxylation sites is 4. The highest BCUT2D eigenvalue weighted by Gasteiger charge is 2.13. The van der Waals surface area contributed by atoms with E-state index in [1.165, 1.54) is 0 Å². The van der Waals surface area contributed by atoms with Crippen molar-refractivity contribution in [2.75, 3.05) is 20.8 Å². The third-order valence-electron chi connectivity index (χ3n) is 4.50. The largest absolute Gasteiger partial charge is 0.493 e. The van der Waals surface area contributed by atoms with Crippen LogP contribution in [0.1, 0.15) is 19.2 Å². The zero-order chi connectivity index (χ0) is 19.2. The summed E-state index contributed by atoms with van der Waals surface area (Å²) in [6, 6.07) is 15.7. The highest BCUT2D eigenvalue weighted by molar-refractivity contribution is 5.76. The molecule has 0 radical (unpaired) electrons. The first-order chi connectivity index (χ1) is 13.1. The normalized spacial score (nSPS) is 10.8. The van der Waals surface area contributed by atoms with Crippen molar-refractivity contribution in [3.05, 3.63) is 54.4 Å². The maximum Gasteiger partial charge on any atom is 0.219 e. The third kappa shape index (κ3) is 4.39. The zero-order valence-electron chi connectivity index (χ0n) is 16.0. The molecule has 27 heavy (non-hydrogen) atoms. The second kappa shape index (κ2) is 8.58. The molecule has 0 fully saturated rings. The predicted octanol–water partition coefficient (Wildman–Crippen LogP) is 3.49. The Morgan fingerprint density at radius 3 is 2.56 bits per heavy atom. The SMILES string of the molecule is COc1ccccc1OCCCn1c(CN(C)C(C)=O)nc2ccccc21. The van der Waals surface area contributed by atoms with Crippen LogP contribution in [0, 0.1) is 0 Å². The number of aryl methyl sites for hydroxylation is 1. The van der Waals surface area contributed by atoms with Gasteiger partial charge >= 0.3 is 0 Å². The number of fused-ring (bicyclic) bond motifs is 1. The monoisotopic (exact) mass is 367 g/mol. The number of aromatic nitrogens is 2. The fraction of sp³-hybridized carbons (Fsp3) is 0.333. The Balaban J connectivity index is 1.70. The van der Waals surface area contributed by atoms with Crippen LogP contribution in [0.5, 0.6) is 11.5 Å². The molecule has 0 saturated heterocycles. The molecule has 142 valence electrons. The van der Waals surface area contributed by atoms with Crippen molar-refractivity contribution in [3.63, 3.8) is 0 Å². The van der Waals surface area contributed by atoms with Crippen molar-refractivity contribution < 1.29 is 14.3 Å². The van der Waals surface area contributed by atoms with Gasteiger partial charge in [0.1, 0.15) is 5.82 Å². The number of benzene rings is 2. The Bertz CT molecular complexity index is 920. The smallest absolute Gasteiger partial charge is 0.219 e. The van der Waals surface area contributed by atoms with E-state index in [0.29, 0.717) is 13.2 Å².